The van der Waals surface area contributed by atoms with Gasteiger partial charge in [-0.1, -0.05) is 5.16 Å². The molecule has 0 aliphatic carbocycles. The van der Waals surface area contributed by atoms with E-state index in [9.17, 15) is 4.79 Å². The van der Waals surface area contributed by atoms with Crippen LogP contribution in [0, 0.1) is 13.8 Å². The summed E-state index contributed by atoms with van der Waals surface area (Å²) in [5.41, 5.74) is 1.83. The number of nitrogens with zero attached hydrogens (tertiary/aromatic N) is 1. The standard InChI is InChI=1S/C10H15NO3S/c1-6-8(7(2)14-11-6)5-15-10(3,4)9(12)13/h5H2,1-4H3,(H,12,13). The molecule has 0 aliphatic heterocycles. The molecular formula is C10H15NO3S. The van der Waals surface area contributed by atoms with Gasteiger partial charge in [0.15, 0.2) is 0 Å². The van der Waals surface area contributed by atoms with Gasteiger partial charge in [0.2, 0.25) is 0 Å². The lowest BCUT2D eigenvalue weighted by Gasteiger charge is -2.17. The minimum Gasteiger partial charge on any atom is -0.480 e. The number of carboxylic acid groups (broad SMARTS) is 1. The molecule has 5 heteroatoms. The van der Waals surface area contributed by atoms with Gasteiger partial charge in [0.1, 0.15) is 10.5 Å². The van der Waals surface area contributed by atoms with Crippen LogP contribution in [0.25, 0.3) is 0 Å². The monoisotopic (exact) mass is 229 g/mol. The fourth-order valence-corrected chi connectivity index (χ4v) is 2.06. The van der Waals surface area contributed by atoms with E-state index >= 15 is 0 Å². The summed E-state index contributed by atoms with van der Waals surface area (Å²) in [6.07, 6.45) is 0. The van der Waals surface area contributed by atoms with E-state index in [0.717, 1.165) is 17.0 Å². The Kier molecular flexibility index (Phi) is 3.44. The maximum Gasteiger partial charge on any atom is 0.319 e. The molecule has 1 N–H and O–H groups in total. The molecule has 0 aromatic carbocycles. The second kappa shape index (κ2) is 4.26. The van der Waals surface area contributed by atoms with Crippen LogP contribution in [0.4, 0.5) is 0 Å². The number of hydrogen-bond donors (Lipinski definition) is 1. The third-order valence-corrected chi connectivity index (χ3v) is 3.60. The van der Waals surface area contributed by atoms with Crippen molar-refractivity contribution in [1.82, 2.24) is 5.16 Å². The first-order valence-electron chi connectivity index (χ1n) is 4.63. The predicted octanol–water partition coefficient (Wildman–Crippen LogP) is 2.39. The lowest BCUT2D eigenvalue weighted by Crippen LogP contribution is -2.27. The second-order valence-corrected chi connectivity index (χ2v) is 5.50. The molecule has 0 unspecified atom stereocenters. The van der Waals surface area contributed by atoms with Crippen LogP contribution in [0.2, 0.25) is 0 Å². The third-order valence-electron chi connectivity index (χ3n) is 2.27. The highest BCUT2D eigenvalue weighted by atomic mass is 32.2. The number of thioether (sulfide) groups is 1. The van der Waals surface area contributed by atoms with Gasteiger partial charge in [0.05, 0.1) is 5.69 Å². The summed E-state index contributed by atoms with van der Waals surface area (Å²) in [6.45, 7) is 7.08. The molecule has 1 rings (SSSR count). The van der Waals surface area contributed by atoms with Gasteiger partial charge in [0.25, 0.3) is 0 Å². The molecule has 0 fully saturated rings. The Morgan fingerprint density at radius 1 is 1.53 bits per heavy atom. The number of aryl methyl sites for hydroxylation is 2. The SMILES string of the molecule is Cc1noc(C)c1CSC(C)(C)C(=O)O. The molecule has 0 amide bonds. The van der Waals surface area contributed by atoms with Crippen LogP contribution in [-0.2, 0) is 10.5 Å². The van der Waals surface area contributed by atoms with Crippen LogP contribution in [0.3, 0.4) is 0 Å². The van der Waals surface area contributed by atoms with Gasteiger partial charge in [-0.25, -0.2) is 0 Å². The van der Waals surface area contributed by atoms with Gasteiger partial charge in [-0.15, -0.1) is 11.8 Å². The number of aliphatic carboxylic acids is 1. The summed E-state index contributed by atoms with van der Waals surface area (Å²) in [5, 5.41) is 12.8. The van der Waals surface area contributed by atoms with Gasteiger partial charge in [-0.2, -0.15) is 0 Å². The average molecular weight is 229 g/mol. The second-order valence-electron chi connectivity index (χ2n) is 3.91. The molecular weight excluding hydrogens is 214 g/mol. The first-order valence-corrected chi connectivity index (χ1v) is 5.62. The van der Waals surface area contributed by atoms with Crippen molar-refractivity contribution in [3.05, 3.63) is 17.0 Å². The molecule has 0 radical (unpaired) electrons. The molecule has 1 aromatic heterocycles. The molecule has 15 heavy (non-hydrogen) atoms. The lowest BCUT2D eigenvalue weighted by atomic mass is 10.2. The smallest absolute Gasteiger partial charge is 0.319 e. The maximum atomic E-state index is 10.9. The van der Waals surface area contributed by atoms with E-state index in [1.54, 1.807) is 13.8 Å². The van der Waals surface area contributed by atoms with Crippen molar-refractivity contribution in [3.63, 3.8) is 0 Å². The summed E-state index contributed by atoms with van der Waals surface area (Å²) in [7, 11) is 0. The molecule has 0 spiro atoms. The summed E-state index contributed by atoms with van der Waals surface area (Å²) in [4.78, 5) is 10.9. The zero-order chi connectivity index (χ0) is 11.6. The minimum absolute atomic E-state index is 0.612. The summed E-state index contributed by atoms with van der Waals surface area (Å²) >= 11 is 1.37. The van der Waals surface area contributed by atoms with Crippen LogP contribution in [0.1, 0.15) is 30.9 Å². The fraction of sp³-hybridized carbons (Fsp3) is 0.600. The molecule has 0 saturated carbocycles. The Hall–Kier alpha value is -0.970. The molecule has 1 aromatic rings. The van der Waals surface area contributed by atoms with Crippen molar-refractivity contribution in [2.45, 2.75) is 38.2 Å². The van der Waals surface area contributed by atoms with E-state index in [0.29, 0.717) is 5.75 Å². The predicted molar refractivity (Wildman–Crippen MR) is 59.0 cm³/mol. The van der Waals surface area contributed by atoms with E-state index in [1.165, 1.54) is 11.8 Å². The first-order chi connectivity index (χ1) is 6.84. The minimum atomic E-state index is -0.806. The van der Waals surface area contributed by atoms with E-state index in [-0.39, 0.29) is 0 Å². The normalized spacial score (nSPS) is 11.7. The average Bonchev–Trinajstić information content (AvgIpc) is 2.43. The third kappa shape index (κ3) is 2.75. The van der Waals surface area contributed by atoms with Crippen molar-refractivity contribution in [3.8, 4) is 0 Å². The highest BCUT2D eigenvalue weighted by molar-refractivity contribution is 8.00. The summed E-state index contributed by atoms with van der Waals surface area (Å²) in [6, 6.07) is 0. The van der Waals surface area contributed by atoms with Crippen molar-refractivity contribution in [2.75, 3.05) is 0 Å². The Morgan fingerprint density at radius 3 is 2.53 bits per heavy atom. The number of hydrogen-bond acceptors (Lipinski definition) is 4. The quantitative estimate of drug-likeness (QED) is 0.858. The fourth-order valence-electron chi connectivity index (χ4n) is 1.02. The molecule has 0 aliphatic rings. The van der Waals surface area contributed by atoms with Gasteiger partial charge < -0.3 is 9.63 Å². The number of rotatable bonds is 4. The Bertz CT molecular complexity index is 351. The van der Waals surface area contributed by atoms with Gasteiger partial charge >= 0.3 is 5.97 Å². The summed E-state index contributed by atoms with van der Waals surface area (Å²) in [5.74, 6) is 0.570. The van der Waals surface area contributed by atoms with Gasteiger partial charge in [-0.05, 0) is 27.7 Å². The Labute approximate surface area is 93.0 Å². The van der Waals surface area contributed by atoms with E-state index in [4.69, 9.17) is 9.63 Å². The maximum absolute atomic E-state index is 10.9. The van der Waals surface area contributed by atoms with E-state index in [2.05, 4.69) is 5.16 Å². The molecule has 84 valence electrons. The largest absolute Gasteiger partial charge is 0.480 e. The van der Waals surface area contributed by atoms with Crippen LogP contribution in [0.15, 0.2) is 4.52 Å². The Morgan fingerprint density at radius 2 is 2.13 bits per heavy atom. The summed E-state index contributed by atoms with van der Waals surface area (Å²) < 4.78 is 4.23. The van der Waals surface area contributed by atoms with Crippen molar-refractivity contribution in [1.29, 1.82) is 0 Å². The van der Waals surface area contributed by atoms with Crippen LogP contribution in [0.5, 0.6) is 0 Å². The van der Waals surface area contributed by atoms with Crippen LogP contribution < -0.4 is 0 Å². The van der Waals surface area contributed by atoms with Crippen LogP contribution >= 0.6 is 11.8 Å². The molecule has 0 atom stereocenters. The van der Waals surface area contributed by atoms with Gasteiger partial charge in [-0.3, -0.25) is 4.79 Å². The lowest BCUT2D eigenvalue weighted by molar-refractivity contribution is -0.138. The zero-order valence-corrected chi connectivity index (χ0v) is 10.1. The van der Waals surface area contributed by atoms with Crippen molar-refractivity contribution < 1.29 is 14.4 Å². The van der Waals surface area contributed by atoms with Crippen molar-refractivity contribution >= 4 is 17.7 Å². The van der Waals surface area contributed by atoms with Gasteiger partial charge in [0, 0.05) is 11.3 Å². The molecule has 0 saturated heterocycles. The molecule has 1 heterocycles. The number of carboxylic acids is 1. The van der Waals surface area contributed by atoms with Crippen molar-refractivity contribution in [2.24, 2.45) is 0 Å². The van der Waals surface area contributed by atoms with E-state index in [1.807, 2.05) is 13.8 Å². The topological polar surface area (TPSA) is 63.3 Å². The van der Waals surface area contributed by atoms with E-state index < -0.39 is 10.7 Å². The number of aromatic nitrogens is 1. The molecule has 0 bridgehead atoms. The highest BCUT2D eigenvalue weighted by Crippen LogP contribution is 2.30. The highest BCUT2D eigenvalue weighted by Gasteiger charge is 2.28. The first kappa shape index (κ1) is 12.1. The number of carbonyl (C=O) groups is 1. The van der Waals surface area contributed by atoms with Crippen LogP contribution in [-0.4, -0.2) is 21.0 Å². The zero-order valence-electron chi connectivity index (χ0n) is 9.33. The molecule has 4 nitrogen and oxygen atoms in total. The Balaban J connectivity index is 2.69.